The number of carbonyl (C=O) groups is 1. The number of aromatic nitrogens is 1. The Morgan fingerprint density at radius 1 is 1.30 bits per heavy atom. The topological polar surface area (TPSA) is 45.2 Å². The number of halogens is 2. The van der Waals surface area contributed by atoms with E-state index in [2.05, 4.69) is 10.3 Å². The second-order valence-corrected chi connectivity index (χ2v) is 4.76. The molecule has 0 aliphatic carbocycles. The van der Waals surface area contributed by atoms with E-state index in [1.807, 2.05) is 14.1 Å². The second kappa shape index (κ2) is 5.88. The zero-order chi connectivity index (χ0) is 14.7. The lowest BCUT2D eigenvalue weighted by atomic mass is 10.2. The highest BCUT2D eigenvalue weighted by Gasteiger charge is 2.13. The number of nitrogens with zero attached hydrogens (tertiary/aromatic N) is 2. The molecular formula is C14H13ClFN3O. The quantitative estimate of drug-likeness (QED) is 0.884. The van der Waals surface area contributed by atoms with Crippen LogP contribution < -0.4 is 10.2 Å². The van der Waals surface area contributed by atoms with E-state index in [4.69, 9.17) is 11.6 Å². The van der Waals surface area contributed by atoms with Crippen LogP contribution in [0, 0.1) is 5.95 Å². The molecule has 0 atom stereocenters. The molecular weight excluding hydrogens is 281 g/mol. The van der Waals surface area contributed by atoms with Crippen molar-refractivity contribution < 1.29 is 9.18 Å². The van der Waals surface area contributed by atoms with Gasteiger partial charge < -0.3 is 10.2 Å². The fraction of sp³-hybridized carbons (Fsp3) is 0.143. The van der Waals surface area contributed by atoms with Crippen LogP contribution in [-0.2, 0) is 0 Å². The summed E-state index contributed by atoms with van der Waals surface area (Å²) in [4.78, 5) is 17.3. The fourth-order valence-corrected chi connectivity index (χ4v) is 2.12. The predicted molar refractivity (Wildman–Crippen MR) is 77.9 cm³/mol. The summed E-state index contributed by atoms with van der Waals surface area (Å²) in [5, 5.41) is 3.27. The van der Waals surface area contributed by atoms with Crippen LogP contribution in [0.5, 0.6) is 0 Å². The Labute approximate surface area is 121 Å². The number of anilines is 2. The molecule has 1 heterocycles. The van der Waals surface area contributed by atoms with Crippen molar-refractivity contribution in [1.82, 2.24) is 4.98 Å². The number of amides is 1. The van der Waals surface area contributed by atoms with E-state index in [9.17, 15) is 9.18 Å². The van der Waals surface area contributed by atoms with Gasteiger partial charge in [0.05, 0.1) is 22.0 Å². The zero-order valence-electron chi connectivity index (χ0n) is 11.0. The first kappa shape index (κ1) is 14.3. The van der Waals surface area contributed by atoms with Gasteiger partial charge in [0.25, 0.3) is 5.91 Å². The fourth-order valence-electron chi connectivity index (χ4n) is 1.78. The van der Waals surface area contributed by atoms with Crippen molar-refractivity contribution in [2.24, 2.45) is 0 Å². The molecule has 0 aliphatic heterocycles. The smallest absolute Gasteiger partial charge is 0.257 e. The van der Waals surface area contributed by atoms with Crippen molar-refractivity contribution in [3.05, 3.63) is 53.1 Å². The molecule has 20 heavy (non-hydrogen) atoms. The third-order valence-electron chi connectivity index (χ3n) is 2.67. The van der Waals surface area contributed by atoms with Gasteiger partial charge in [-0.15, -0.1) is 0 Å². The summed E-state index contributed by atoms with van der Waals surface area (Å²) < 4.78 is 12.7. The zero-order valence-corrected chi connectivity index (χ0v) is 11.8. The van der Waals surface area contributed by atoms with Gasteiger partial charge in [-0.2, -0.15) is 4.39 Å². The van der Waals surface area contributed by atoms with Gasteiger partial charge in [0.15, 0.2) is 0 Å². The number of rotatable bonds is 3. The lowest BCUT2D eigenvalue weighted by Crippen LogP contribution is -2.17. The van der Waals surface area contributed by atoms with Gasteiger partial charge in [-0.25, -0.2) is 4.98 Å². The molecule has 0 aliphatic rings. The standard InChI is InChI=1S/C14H13ClFN3O/c1-19(2)13-10(15)4-3-5-11(13)18-14(20)9-6-7-12(16)17-8-9/h3-8H,1-2H3,(H,18,20). The van der Waals surface area contributed by atoms with Crippen molar-refractivity contribution in [3.8, 4) is 0 Å². The molecule has 1 N–H and O–H groups in total. The number of para-hydroxylation sites is 1. The summed E-state index contributed by atoms with van der Waals surface area (Å²) in [5.41, 5.74) is 1.56. The molecule has 0 radical (unpaired) electrons. The van der Waals surface area contributed by atoms with Gasteiger partial charge in [-0.05, 0) is 24.3 Å². The van der Waals surface area contributed by atoms with Gasteiger partial charge in [0.2, 0.25) is 5.95 Å². The van der Waals surface area contributed by atoms with E-state index >= 15 is 0 Å². The number of hydrogen-bond acceptors (Lipinski definition) is 3. The van der Waals surface area contributed by atoms with Gasteiger partial charge in [0, 0.05) is 20.3 Å². The Bertz CT molecular complexity index is 629. The van der Waals surface area contributed by atoms with Crippen molar-refractivity contribution in [2.75, 3.05) is 24.3 Å². The van der Waals surface area contributed by atoms with Crippen LogP contribution >= 0.6 is 11.6 Å². The van der Waals surface area contributed by atoms with Crippen LogP contribution in [0.1, 0.15) is 10.4 Å². The Kier molecular flexibility index (Phi) is 4.20. The monoisotopic (exact) mass is 293 g/mol. The van der Waals surface area contributed by atoms with Gasteiger partial charge >= 0.3 is 0 Å². The van der Waals surface area contributed by atoms with E-state index in [0.717, 1.165) is 6.07 Å². The largest absolute Gasteiger partial charge is 0.375 e. The van der Waals surface area contributed by atoms with E-state index < -0.39 is 5.95 Å². The Balaban J connectivity index is 2.28. The molecule has 0 spiro atoms. The Hall–Kier alpha value is -2.14. The molecule has 0 saturated carbocycles. The normalized spacial score (nSPS) is 10.2. The van der Waals surface area contributed by atoms with Crippen molar-refractivity contribution >= 4 is 28.9 Å². The average Bonchev–Trinajstić information content (AvgIpc) is 2.39. The number of pyridine rings is 1. The lowest BCUT2D eigenvalue weighted by molar-refractivity contribution is 0.102. The van der Waals surface area contributed by atoms with Gasteiger partial charge in [0.1, 0.15) is 0 Å². The van der Waals surface area contributed by atoms with Crippen molar-refractivity contribution in [2.45, 2.75) is 0 Å². The molecule has 104 valence electrons. The van der Waals surface area contributed by atoms with Crippen LogP contribution in [-0.4, -0.2) is 25.0 Å². The maximum atomic E-state index is 12.7. The van der Waals surface area contributed by atoms with Crippen LogP contribution in [0.4, 0.5) is 15.8 Å². The summed E-state index contributed by atoms with van der Waals surface area (Å²) in [6.07, 6.45) is 1.19. The number of carbonyl (C=O) groups excluding carboxylic acids is 1. The van der Waals surface area contributed by atoms with Crippen LogP contribution in [0.2, 0.25) is 5.02 Å². The summed E-state index contributed by atoms with van der Waals surface area (Å²) in [6, 6.07) is 7.74. The second-order valence-electron chi connectivity index (χ2n) is 4.35. The third-order valence-corrected chi connectivity index (χ3v) is 2.98. The van der Waals surface area contributed by atoms with Crippen LogP contribution in [0.3, 0.4) is 0 Å². The van der Waals surface area contributed by atoms with E-state index in [-0.39, 0.29) is 11.5 Å². The summed E-state index contributed by atoms with van der Waals surface area (Å²) >= 11 is 6.12. The van der Waals surface area contributed by atoms with Crippen molar-refractivity contribution in [3.63, 3.8) is 0 Å². The highest BCUT2D eigenvalue weighted by Crippen LogP contribution is 2.32. The first-order valence-electron chi connectivity index (χ1n) is 5.88. The molecule has 0 unspecified atom stereocenters. The average molecular weight is 294 g/mol. The molecule has 6 heteroatoms. The SMILES string of the molecule is CN(C)c1c(Cl)cccc1NC(=O)c1ccc(F)nc1. The number of benzene rings is 1. The third kappa shape index (κ3) is 3.05. The molecule has 2 aromatic rings. The predicted octanol–water partition coefficient (Wildman–Crippen LogP) is 3.19. The molecule has 4 nitrogen and oxygen atoms in total. The first-order valence-corrected chi connectivity index (χ1v) is 6.25. The molecule has 0 bridgehead atoms. The highest BCUT2D eigenvalue weighted by atomic mass is 35.5. The van der Waals surface area contributed by atoms with Gasteiger partial charge in [-0.1, -0.05) is 17.7 Å². The van der Waals surface area contributed by atoms with E-state index in [0.29, 0.717) is 16.4 Å². The summed E-state index contributed by atoms with van der Waals surface area (Å²) in [6.45, 7) is 0. The summed E-state index contributed by atoms with van der Waals surface area (Å²) in [7, 11) is 3.66. The minimum absolute atomic E-state index is 0.274. The molecule has 0 fully saturated rings. The Morgan fingerprint density at radius 3 is 2.65 bits per heavy atom. The van der Waals surface area contributed by atoms with Crippen LogP contribution in [0.25, 0.3) is 0 Å². The number of hydrogen-bond donors (Lipinski definition) is 1. The van der Waals surface area contributed by atoms with Gasteiger partial charge in [-0.3, -0.25) is 4.79 Å². The highest BCUT2D eigenvalue weighted by molar-refractivity contribution is 6.34. The number of nitrogens with one attached hydrogen (secondary N) is 1. The maximum Gasteiger partial charge on any atom is 0.257 e. The van der Waals surface area contributed by atoms with Crippen molar-refractivity contribution in [1.29, 1.82) is 0 Å². The Morgan fingerprint density at radius 2 is 2.05 bits per heavy atom. The van der Waals surface area contributed by atoms with E-state index in [1.165, 1.54) is 12.3 Å². The maximum absolute atomic E-state index is 12.7. The first-order chi connectivity index (χ1) is 9.49. The minimum atomic E-state index is -0.627. The summed E-state index contributed by atoms with van der Waals surface area (Å²) in [5.74, 6) is -0.999. The minimum Gasteiger partial charge on any atom is -0.375 e. The molecule has 1 aromatic heterocycles. The molecule has 1 aromatic carbocycles. The molecule has 2 rings (SSSR count). The molecule has 1 amide bonds. The lowest BCUT2D eigenvalue weighted by Gasteiger charge is -2.19. The van der Waals surface area contributed by atoms with E-state index in [1.54, 1.807) is 23.1 Å². The molecule has 0 saturated heterocycles. The van der Waals surface area contributed by atoms with Crippen LogP contribution in [0.15, 0.2) is 36.5 Å².